The van der Waals surface area contributed by atoms with E-state index < -0.39 is 43.2 Å². The molecular weight excluding hydrogens is 770 g/mol. The maximum Gasteiger partial charge on any atom is 0.302 e. The van der Waals surface area contributed by atoms with Gasteiger partial charge < -0.3 is 9.47 Å². The molecule has 0 spiro atoms. The Morgan fingerprint density at radius 1 is 0.815 bits per heavy atom. The van der Waals surface area contributed by atoms with Crippen molar-refractivity contribution in [3.8, 4) is 0 Å². The van der Waals surface area contributed by atoms with Gasteiger partial charge in [-0.25, -0.2) is 8.42 Å². The molecule has 7 rings (SSSR count). The largest absolute Gasteiger partial charge is 0.461 e. The van der Waals surface area contributed by atoms with Crippen LogP contribution < -0.4 is 0 Å². The molecule has 2 saturated heterocycles. The van der Waals surface area contributed by atoms with Gasteiger partial charge in [0.05, 0.1) is 18.1 Å². The van der Waals surface area contributed by atoms with Gasteiger partial charge in [-0.15, -0.1) is 0 Å². The number of esters is 1. The summed E-state index contributed by atoms with van der Waals surface area (Å²) in [6.45, 7) is 1.96. The van der Waals surface area contributed by atoms with Gasteiger partial charge in [-0.1, -0.05) is 131 Å². The molecule has 12 heteroatoms. The predicted molar refractivity (Wildman–Crippen MR) is 208 cm³/mol. The van der Waals surface area contributed by atoms with E-state index in [0.717, 1.165) is 26.7 Å². The normalized spacial score (nSPS) is 20.9. The van der Waals surface area contributed by atoms with E-state index in [4.69, 9.17) is 9.47 Å². The molecule has 0 aliphatic carbocycles. The Bertz CT molecular complexity index is 2100. The van der Waals surface area contributed by atoms with Crippen molar-refractivity contribution in [3.05, 3.63) is 176 Å². The second-order valence-corrected chi connectivity index (χ2v) is 16.4. The third-order valence-corrected chi connectivity index (χ3v) is 12.9. The summed E-state index contributed by atoms with van der Waals surface area (Å²) in [6.07, 6.45) is -0.421. The molecule has 54 heavy (non-hydrogen) atoms. The minimum absolute atomic E-state index is 0.0184. The van der Waals surface area contributed by atoms with Gasteiger partial charge in [-0.2, -0.15) is 4.31 Å². The fourth-order valence-corrected chi connectivity index (χ4v) is 9.97. The number of rotatable bonds is 11. The van der Waals surface area contributed by atoms with E-state index in [0.29, 0.717) is 13.0 Å². The van der Waals surface area contributed by atoms with E-state index in [1.165, 1.54) is 35.5 Å². The zero-order valence-corrected chi connectivity index (χ0v) is 32.0. The molecule has 4 atom stereocenters. The number of benzene rings is 5. The first-order chi connectivity index (χ1) is 26.1. The van der Waals surface area contributed by atoms with Crippen LogP contribution >= 0.6 is 15.9 Å². The van der Waals surface area contributed by atoms with E-state index in [9.17, 15) is 23.3 Å². The fraction of sp³-hybridized carbons (Fsp3) is 0.262. The molecule has 0 N–H and O–H groups in total. The van der Waals surface area contributed by atoms with Crippen molar-refractivity contribution in [1.82, 2.24) is 9.21 Å². The smallest absolute Gasteiger partial charge is 0.302 e. The second kappa shape index (κ2) is 15.9. The van der Waals surface area contributed by atoms with E-state index in [-0.39, 0.29) is 37.7 Å². The van der Waals surface area contributed by atoms with Gasteiger partial charge in [0.1, 0.15) is 11.7 Å². The molecule has 5 aromatic rings. The number of hydrogen-bond acceptors (Lipinski definition) is 8. The number of nitrogens with zero attached hydrogens (tertiary/aromatic N) is 3. The summed E-state index contributed by atoms with van der Waals surface area (Å²) in [5.41, 5.74) is 2.40. The molecule has 0 saturated carbocycles. The van der Waals surface area contributed by atoms with Crippen LogP contribution in [0.25, 0.3) is 0 Å². The van der Waals surface area contributed by atoms with Crippen LogP contribution in [0, 0.1) is 10.1 Å². The number of fused-ring (bicyclic) bond motifs is 1. The molecule has 0 aromatic heterocycles. The molecule has 0 amide bonds. The summed E-state index contributed by atoms with van der Waals surface area (Å²) in [6, 6.07) is 43.2. The first kappa shape index (κ1) is 37.6. The Kier molecular flexibility index (Phi) is 11.1. The van der Waals surface area contributed by atoms with Crippen LogP contribution in [0.3, 0.4) is 0 Å². The summed E-state index contributed by atoms with van der Waals surface area (Å²) >= 11 is 3.56. The van der Waals surface area contributed by atoms with E-state index >= 15 is 0 Å². The van der Waals surface area contributed by atoms with Crippen LogP contribution in [0.2, 0.25) is 0 Å². The second-order valence-electron chi connectivity index (χ2n) is 13.6. The Labute approximate surface area is 323 Å². The van der Waals surface area contributed by atoms with Gasteiger partial charge in [-0.3, -0.25) is 19.8 Å². The Morgan fingerprint density at radius 2 is 1.35 bits per heavy atom. The Morgan fingerprint density at radius 3 is 1.89 bits per heavy atom. The highest BCUT2D eigenvalue weighted by atomic mass is 79.9. The number of para-hydroxylation sites is 1. The van der Waals surface area contributed by atoms with Crippen LogP contribution in [0.1, 0.15) is 41.5 Å². The van der Waals surface area contributed by atoms with Gasteiger partial charge in [0.2, 0.25) is 10.0 Å². The highest BCUT2D eigenvalue weighted by Crippen LogP contribution is 2.47. The zero-order valence-electron chi connectivity index (χ0n) is 29.6. The van der Waals surface area contributed by atoms with Crippen LogP contribution in [0.4, 0.5) is 5.69 Å². The molecule has 278 valence electrons. The SMILES string of the molecule is CC(=O)O[C@H]1CCN2[C@H](COC(c3ccccc3)(c3ccccc3)c3ccccc3)[C@H](c3ccc(Br)cc3)[C@@H]2CN(S(=O)(=O)c2ccccc2[N+](=O)[O-])C1. The number of carbonyl (C=O) groups excluding carboxylic acids is 1. The third kappa shape index (κ3) is 7.36. The number of carbonyl (C=O) groups is 1. The quantitative estimate of drug-likeness (QED) is 0.0582. The molecule has 0 radical (unpaired) electrons. The number of ether oxygens (including phenoxy) is 2. The lowest BCUT2D eigenvalue weighted by Gasteiger charge is -2.58. The first-order valence-electron chi connectivity index (χ1n) is 17.8. The van der Waals surface area contributed by atoms with Crippen LogP contribution in [0.5, 0.6) is 0 Å². The minimum Gasteiger partial charge on any atom is -0.461 e. The van der Waals surface area contributed by atoms with Crippen molar-refractivity contribution in [1.29, 1.82) is 0 Å². The molecule has 2 aliphatic heterocycles. The molecule has 5 aromatic carbocycles. The van der Waals surface area contributed by atoms with Gasteiger partial charge in [0.25, 0.3) is 5.69 Å². The molecule has 0 unspecified atom stereocenters. The molecule has 2 aliphatic rings. The lowest BCUT2D eigenvalue weighted by Crippen LogP contribution is -2.69. The molecule has 2 heterocycles. The molecule has 0 bridgehead atoms. The first-order valence-corrected chi connectivity index (χ1v) is 20.1. The summed E-state index contributed by atoms with van der Waals surface area (Å²) in [5.74, 6) is -0.707. The van der Waals surface area contributed by atoms with Gasteiger partial charge in [-0.05, 0) is 46.9 Å². The topological polar surface area (TPSA) is 119 Å². The van der Waals surface area contributed by atoms with Crippen molar-refractivity contribution in [2.75, 3.05) is 26.2 Å². The van der Waals surface area contributed by atoms with Crippen molar-refractivity contribution >= 4 is 37.6 Å². The minimum atomic E-state index is -4.41. The number of nitro benzene ring substituents is 1. The molecule has 2 fully saturated rings. The summed E-state index contributed by atoms with van der Waals surface area (Å²) in [4.78, 5) is 25.4. The monoisotopic (exact) mass is 809 g/mol. The van der Waals surface area contributed by atoms with Gasteiger partial charge >= 0.3 is 5.97 Å². The van der Waals surface area contributed by atoms with Crippen molar-refractivity contribution in [2.45, 2.75) is 47.9 Å². The van der Waals surface area contributed by atoms with Crippen LogP contribution in [-0.2, 0) is 29.9 Å². The van der Waals surface area contributed by atoms with Crippen LogP contribution in [-0.4, -0.2) is 72.9 Å². The average molecular weight is 811 g/mol. The van der Waals surface area contributed by atoms with Gasteiger partial charge in [0, 0.05) is 48.6 Å². The van der Waals surface area contributed by atoms with Gasteiger partial charge in [0.15, 0.2) is 4.90 Å². The predicted octanol–water partition coefficient (Wildman–Crippen LogP) is 7.53. The third-order valence-electron chi connectivity index (χ3n) is 10.5. The van der Waals surface area contributed by atoms with E-state index in [1.54, 1.807) is 0 Å². The summed E-state index contributed by atoms with van der Waals surface area (Å²) < 4.78 is 44.0. The van der Waals surface area contributed by atoms with Crippen LogP contribution in [0.15, 0.2) is 149 Å². The summed E-state index contributed by atoms with van der Waals surface area (Å²) in [7, 11) is -4.41. The molecular formula is C42H40BrN3O7S. The maximum atomic E-state index is 14.4. The highest BCUT2D eigenvalue weighted by molar-refractivity contribution is 9.10. The highest BCUT2D eigenvalue weighted by Gasteiger charge is 2.53. The van der Waals surface area contributed by atoms with Crippen molar-refractivity contribution in [3.63, 3.8) is 0 Å². The van der Waals surface area contributed by atoms with Crippen molar-refractivity contribution in [2.24, 2.45) is 0 Å². The Hall–Kier alpha value is -4.72. The average Bonchev–Trinajstić information content (AvgIpc) is 3.17. The maximum absolute atomic E-state index is 14.4. The number of nitro groups is 1. The standard InChI is InChI=1S/C42H40BrN3O7S/c1-30(47)53-36-25-26-45-38(28-44(27-36)54(50,51)40-20-12-11-19-37(40)46(48)49)41(31-21-23-35(43)24-22-31)39(45)29-52-42(32-13-5-2-6-14-32,33-15-7-3-8-16-33)34-17-9-4-10-18-34/h2-24,36,38-39,41H,25-29H2,1H3/t36-,38-,39+,41+/m0/s1. The number of hydrogen-bond donors (Lipinski definition) is 0. The summed E-state index contributed by atoms with van der Waals surface area (Å²) in [5, 5.41) is 12.0. The fourth-order valence-electron chi connectivity index (χ4n) is 8.06. The number of halogens is 1. The molecule has 10 nitrogen and oxygen atoms in total. The lowest BCUT2D eigenvalue weighted by molar-refractivity contribution is -0.387. The van der Waals surface area contributed by atoms with E-state index in [1.807, 2.05) is 78.9 Å². The van der Waals surface area contributed by atoms with E-state index in [2.05, 4.69) is 57.2 Å². The number of sulfonamides is 1. The zero-order chi connectivity index (χ0) is 37.9. The lowest BCUT2D eigenvalue weighted by atomic mass is 9.74. The Balaban J connectivity index is 1.31. The van der Waals surface area contributed by atoms with Crippen molar-refractivity contribution < 1.29 is 27.6 Å².